The maximum atomic E-state index is 11.7. The molecule has 0 aromatic heterocycles. The predicted octanol–water partition coefficient (Wildman–Crippen LogP) is 3.17. The first-order valence-corrected chi connectivity index (χ1v) is 10.1. The molecular weight excluding hydrogens is 322 g/mol. The van der Waals surface area contributed by atoms with Crippen molar-refractivity contribution in [3.63, 3.8) is 0 Å². The van der Waals surface area contributed by atoms with Gasteiger partial charge in [0.1, 0.15) is 11.4 Å². The van der Waals surface area contributed by atoms with Gasteiger partial charge in [0, 0.05) is 6.42 Å². The third-order valence-corrected chi connectivity index (χ3v) is 5.46. The summed E-state index contributed by atoms with van der Waals surface area (Å²) in [5.41, 5.74) is 0.970. The normalized spacial score (nSPS) is 17.6. The van der Waals surface area contributed by atoms with Crippen molar-refractivity contribution in [3.8, 4) is 5.75 Å². The highest BCUT2D eigenvalue weighted by molar-refractivity contribution is 5.38. The van der Waals surface area contributed by atoms with E-state index >= 15 is 0 Å². The molecular formula is C23H32NO2+. The Morgan fingerprint density at radius 3 is 2.23 bits per heavy atom. The Balaban J connectivity index is 1.80. The minimum Gasteiger partial charge on any atom is -0.494 e. The van der Waals surface area contributed by atoms with E-state index in [-0.39, 0.29) is 0 Å². The van der Waals surface area contributed by atoms with Crippen LogP contribution < -0.4 is 9.64 Å². The van der Waals surface area contributed by atoms with Crippen molar-refractivity contribution in [1.82, 2.24) is 0 Å². The van der Waals surface area contributed by atoms with Crippen LogP contribution in [0.25, 0.3) is 0 Å². The summed E-state index contributed by atoms with van der Waals surface area (Å²) in [5, 5.41) is 11.7. The van der Waals surface area contributed by atoms with Gasteiger partial charge in [-0.3, -0.25) is 0 Å². The maximum Gasteiger partial charge on any atom is 0.120 e. The standard InChI is InChI=1S/C23H31NO2/c1-2-19-26-22-13-11-21(12-14-22)23(25,20-9-5-3-6-10-20)15-18-24-16-7-4-8-17-24/h3,5-6,9-14,25H,2,4,7-8,15-19H2,1H3/p+1/t23-/m0/s1. The van der Waals surface area contributed by atoms with Gasteiger partial charge in [-0.15, -0.1) is 0 Å². The highest BCUT2D eigenvalue weighted by Gasteiger charge is 2.33. The van der Waals surface area contributed by atoms with E-state index in [2.05, 4.69) is 6.92 Å². The topological polar surface area (TPSA) is 33.9 Å². The number of nitrogens with one attached hydrogen (secondary N) is 1. The van der Waals surface area contributed by atoms with Gasteiger partial charge in [-0.1, -0.05) is 49.4 Å². The average molecular weight is 355 g/mol. The Labute approximate surface area is 157 Å². The summed E-state index contributed by atoms with van der Waals surface area (Å²) >= 11 is 0. The van der Waals surface area contributed by atoms with E-state index < -0.39 is 5.60 Å². The van der Waals surface area contributed by atoms with Crippen molar-refractivity contribution in [3.05, 3.63) is 65.7 Å². The lowest BCUT2D eigenvalue weighted by atomic mass is 9.83. The number of likely N-dealkylation sites (tertiary alicyclic amines) is 1. The summed E-state index contributed by atoms with van der Waals surface area (Å²) in [6, 6.07) is 18.1. The van der Waals surface area contributed by atoms with Gasteiger partial charge >= 0.3 is 0 Å². The number of hydrogen-bond donors (Lipinski definition) is 2. The van der Waals surface area contributed by atoms with Gasteiger partial charge in [0.15, 0.2) is 0 Å². The Morgan fingerprint density at radius 1 is 0.923 bits per heavy atom. The first kappa shape index (κ1) is 18.9. The van der Waals surface area contributed by atoms with Crippen molar-refractivity contribution in [2.45, 2.75) is 44.6 Å². The van der Waals surface area contributed by atoms with E-state index in [0.29, 0.717) is 0 Å². The van der Waals surface area contributed by atoms with Crippen molar-refractivity contribution in [2.75, 3.05) is 26.2 Å². The highest BCUT2D eigenvalue weighted by atomic mass is 16.5. The van der Waals surface area contributed by atoms with Gasteiger partial charge in [0.2, 0.25) is 0 Å². The molecule has 0 aliphatic carbocycles. The molecule has 0 amide bonds. The van der Waals surface area contributed by atoms with Crippen LogP contribution in [-0.4, -0.2) is 31.3 Å². The van der Waals surface area contributed by atoms with Crippen LogP contribution >= 0.6 is 0 Å². The third kappa shape index (κ3) is 4.66. The molecule has 26 heavy (non-hydrogen) atoms. The molecule has 0 spiro atoms. The minimum absolute atomic E-state index is 0.723. The van der Waals surface area contributed by atoms with E-state index in [1.54, 1.807) is 4.90 Å². The molecule has 3 heteroatoms. The van der Waals surface area contributed by atoms with Crippen LogP contribution in [0.15, 0.2) is 54.6 Å². The van der Waals surface area contributed by atoms with Gasteiger partial charge in [-0.2, -0.15) is 0 Å². The van der Waals surface area contributed by atoms with E-state index in [4.69, 9.17) is 4.74 Å². The number of aliphatic hydroxyl groups is 1. The number of ether oxygens (including phenoxy) is 1. The van der Waals surface area contributed by atoms with Crippen LogP contribution in [0.3, 0.4) is 0 Å². The number of benzene rings is 2. The van der Waals surface area contributed by atoms with Crippen LogP contribution in [0.1, 0.15) is 50.2 Å². The average Bonchev–Trinajstić information content (AvgIpc) is 2.72. The third-order valence-electron chi connectivity index (χ3n) is 5.46. The molecule has 2 N–H and O–H groups in total. The number of piperidine rings is 1. The fraction of sp³-hybridized carbons (Fsp3) is 0.478. The van der Waals surface area contributed by atoms with Crippen LogP contribution in [0, 0.1) is 0 Å². The monoisotopic (exact) mass is 354 g/mol. The first-order chi connectivity index (χ1) is 12.7. The molecule has 1 aliphatic rings. The summed E-state index contributed by atoms with van der Waals surface area (Å²) in [6.07, 6.45) is 5.70. The molecule has 1 saturated heterocycles. The first-order valence-electron chi connectivity index (χ1n) is 10.1. The van der Waals surface area contributed by atoms with Gasteiger partial charge < -0.3 is 14.7 Å². The molecule has 140 valence electrons. The van der Waals surface area contributed by atoms with Crippen LogP contribution in [0.5, 0.6) is 5.75 Å². The lowest BCUT2D eigenvalue weighted by molar-refractivity contribution is -0.905. The summed E-state index contributed by atoms with van der Waals surface area (Å²) in [5.74, 6) is 0.868. The fourth-order valence-electron chi connectivity index (χ4n) is 3.88. The van der Waals surface area contributed by atoms with Crippen molar-refractivity contribution >= 4 is 0 Å². The Kier molecular flexibility index (Phi) is 6.70. The van der Waals surface area contributed by atoms with Crippen molar-refractivity contribution < 1.29 is 14.7 Å². The second-order valence-electron chi connectivity index (χ2n) is 7.41. The SMILES string of the molecule is CCCOc1ccc([C@](O)(CC[NH+]2CCCCC2)c2ccccc2)cc1. The molecule has 0 unspecified atom stereocenters. The molecule has 3 rings (SSSR count). The van der Waals surface area contributed by atoms with E-state index in [9.17, 15) is 5.11 Å². The largest absolute Gasteiger partial charge is 0.494 e. The number of quaternary nitrogens is 1. The Morgan fingerprint density at radius 2 is 1.58 bits per heavy atom. The van der Waals surface area contributed by atoms with E-state index in [1.807, 2.05) is 54.6 Å². The lowest BCUT2D eigenvalue weighted by Gasteiger charge is -2.32. The summed E-state index contributed by atoms with van der Waals surface area (Å²) < 4.78 is 5.70. The molecule has 2 aromatic carbocycles. The number of hydrogen-bond acceptors (Lipinski definition) is 2. The fourth-order valence-corrected chi connectivity index (χ4v) is 3.88. The van der Waals surface area contributed by atoms with Gasteiger partial charge in [0.05, 0.1) is 26.2 Å². The Bertz CT molecular complexity index is 650. The minimum atomic E-state index is -0.949. The zero-order valence-electron chi connectivity index (χ0n) is 15.9. The predicted molar refractivity (Wildman–Crippen MR) is 106 cm³/mol. The smallest absolute Gasteiger partial charge is 0.120 e. The van der Waals surface area contributed by atoms with E-state index in [1.165, 1.54) is 32.4 Å². The summed E-state index contributed by atoms with van der Waals surface area (Å²) in [4.78, 5) is 1.62. The zero-order valence-corrected chi connectivity index (χ0v) is 15.9. The summed E-state index contributed by atoms with van der Waals surface area (Å²) in [7, 11) is 0. The molecule has 1 heterocycles. The quantitative estimate of drug-likeness (QED) is 0.763. The highest BCUT2D eigenvalue weighted by Crippen LogP contribution is 2.33. The molecule has 1 fully saturated rings. The Hall–Kier alpha value is -1.84. The number of rotatable bonds is 8. The van der Waals surface area contributed by atoms with Crippen LogP contribution in [-0.2, 0) is 5.60 Å². The second kappa shape index (κ2) is 9.20. The molecule has 1 aliphatic heterocycles. The lowest BCUT2D eigenvalue weighted by Crippen LogP contribution is -3.13. The summed E-state index contributed by atoms with van der Waals surface area (Å²) in [6.45, 7) is 6.29. The zero-order chi connectivity index (χ0) is 18.2. The maximum absolute atomic E-state index is 11.7. The molecule has 0 saturated carbocycles. The van der Waals surface area contributed by atoms with Gasteiger partial charge in [-0.05, 0) is 48.9 Å². The van der Waals surface area contributed by atoms with Crippen LogP contribution in [0.4, 0.5) is 0 Å². The molecule has 0 bridgehead atoms. The molecule has 0 radical (unpaired) electrons. The molecule has 1 atom stereocenters. The van der Waals surface area contributed by atoms with Gasteiger partial charge in [-0.25, -0.2) is 0 Å². The van der Waals surface area contributed by atoms with E-state index in [0.717, 1.165) is 42.9 Å². The second-order valence-corrected chi connectivity index (χ2v) is 7.41. The van der Waals surface area contributed by atoms with Gasteiger partial charge in [0.25, 0.3) is 0 Å². The van der Waals surface area contributed by atoms with Crippen LogP contribution in [0.2, 0.25) is 0 Å². The van der Waals surface area contributed by atoms with Crippen molar-refractivity contribution in [2.24, 2.45) is 0 Å². The molecule has 3 nitrogen and oxygen atoms in total. The van der Waals surface area contributed by atoms with Crippen molar-refractivity contribution in [1.29, 1.82) is 0 Å². The molecule has 2 aromatic rings.